The lowest BCUT2D eigenvalue weighted by atomic mass is 9.97. The van der Waals surface area contributed by atoms with Gasteiger partial charge < -0.3 is 0 Å². The summed E-state index contributed by atoms with van der Waals surface area (Å²) < 4.78 is 5.53. The molecule has 2 aromatic heterocycles. The van der Waals surface area contributed by atoms with Crippen LogP contribution in [0.5, 0.6) is 0 Å². The van der Waals surface area contributed by atoms with E-state index >= 15 is 0 Å². The lowest BCUT2D eigenvalue weighted by Crippen LogP contribution is -1.80. The average Bonchev–Trinajstić information content (AvgIpc) is 3.52. The van der Waals surface area contributed by atoms with Gasteiger partial charge in [0.25, 0.3) is 0 Å². The third kappa shape index (κ3) is 3.27. The van der Waals surface area contributed by atoms with E-state index in [0.29, 0.717) is 0 Å². The molecule has 180 valence electrons. The summed E-state index contributed by atoms with van der Waals surface area (Å²) in [5, 5.41) is 8.22. The van der Waals surface area contributed by atoms with Gasteiger partial charge in [0.15, 0.2) is 0 Å². The molecule has 0 N–H and O–H groups in total. The lowest BCUT2D eigenvalue weighted by Gasteiger charge is -2.06. The number of rotatable bonds is 2. The fourth-order valence-electron chi connectivity index (χ4n) is 5.82. The highest BCUT2D eigenvalue weighted by Crippen LogP contribution is 2.49. The molecule has 0 bridgehead atoms. The predicted octanol–water partition coefficient (Wildman–Crippen LogP) is 11.5. The van der Waals surface area contributed by atoms with E-state index < -0.39 is 0 Å². The van der Waals surface area contributed by atoms with E-state index in [1.54, 1.807) is 0 Å². The fourth-order valence-corrected chi connectivity index (χ4v) is 8.47. The van der Waals surface area contributed by atoms with Crippen LogP contribution in [0.4, 0.5) is 0 Å². The Morgan fingerprint density at radius 3 is 1.21 bits per heavy atom. The third-order valence-electron chi connectivity index (χ3n) is 7.82. The normalized spacial score (nSPS) is 11.9. The number of thiophene rings is 2. The van der Waals surface area contributed by atoms with Crippen LogP contribution in [-0.4, -0.2) is 0 Å². The van der Waals surface area contributed by atoms with Gasteiger partial charge in [-0.25, -0.2) is 0 Å². The molecule has 8 aromatic rings. The molecule has 0 unspecified atom stereocenters. The van der Waals surface area contributed by atoms with E-state index in [0.717, 1.165) is 0 Å². The molecule has 0 amide bonds. The first kappa shape index (κ1) is 22.0. The molecule has 0 fully saturated rings. The summed E-state index contributed by atoms with van der Waals surface area (Å²) in [7, 11) is 0. The molecule has 38 heavy (non-hydrogen) atoms. The highest BCUT2D eigenvalue weighted by Gasteiger charge is 2.18. The minimum Gasteiger partial charge on any atom is -0.134 e. The lowest BCUT2D eigenvalue weighted by molar-refractivity contribution is 1.47. The molecule has 0 saturated heterocycles. The minimum atomic E-state index is 1.27. The van der Waals surface area contributed by atoms with Crippen LogP contribution < -0.4 is 0 Å². The monoisotopic (exact) mass is 520 g/mol. The highest BCUT2D eigenvalue weighted by molar-refractivity contribution is 7.33. The first-order valence-electron chi connectivity index (χ1n) is 13.0. The molecule has 0 saturated carbocycles. The molecule has 0 aliphatic heterocycles. The van der Waals surface area contributed by atoms with E-state index in [1.165, 1.54) is 84.5 Å². The van der Waals surface area contributed by atoms with Crippen molar-refractivity contribution in [3.63, 3.8) is 0 Å². The number of fused-ring (bicyclic) bond motifs is 10. The van der Waals surface area contributed by atoms with Gasteiger partial charge in [0, 0.05) is 30.9 Å². The van der Waals surface area contributed by atoms with E-state index in [9.17, 15) is 0 Å². The molecule has 0 aliphatic rings. The summed E-state index contributed by atoms with van der Waals surface area (Å²) in [4.78, 5) is 0. The smallest absolute Gasteiger partial charge is 0.0540 e. The Morgan fingerprint density at radius 2 is 0.789 bits per heavy atom. The molecule has 0 atom stereocenters. The Kier molecular flexibility index (Phi) is 4.79. The quantitative estimate of drug-likeness (QED) is 0.213. The molecular formula is C36H24S2. The zero-order valence-electron chi connectivity index (χ0n) is 21.2. The van der Waals surface area contributed by atoms with E-state index in [1.807, 2.05) is 22.7 Å². The molecular weight excluding hydrogens is 497 g/mol. The number of aryl methyl sites for hydroxylation is 2. The van der Waals surface area contributed by atoms with Crippen molar-refractivity contribution in [3.8, 4) is 22.3 Å². The van der Waals surface area contributed by atoms with Crippen molar-refractivity contribution in [2.24, 2.45) is 0 Å². The summed E-state index contributed by atoms with van der Waals surface area (Å²) in [6.45, 7) is 4.29. The second kappa shape index (κ2) is 8.26. The van der Waals surface area contributed by atoms with Crippen molar-refractivity contribution < 1.29 is 0 Å². The second-order valence-electron chi connectivity index (χ2n) is 10.3. The maximum Gasteiger partial charge on any atom is 0.0540 e. The standard InChI is InChI=1S/C36H24S2/c1-21-7-11-23(12-8-21)25-15-17-29-31(19-25)37-35-33(29)27-5-3-4-6-28(27)34-30-18-16-26(20-32(30)38-36(34)35)24-13-9-22(2)10-14-24/h3-20H,1-2H3. The SMILES string of the molecule is Cc1ccc(-c2ccc3c(c2)sc2c4sc5cc(-c6ccc(C)cc6)ccc5c4c4ccccc4c32)cc1. The van der Waals surface area contributed by atoms with Crippen LogP contribution in [-0.2, 0) is 0 Å². The number of hydrogen-bond acceptors (Lipinski definition) is 2. The van der Waals surface area contributed by atoms with Crippen molar-refractivity contribution >= 4 is 73.8 Å². The van der Waals surface area contributed by atoms with Crippen molar-refractivity contribution in [1.29, 1.82) is 0 Å². The molecule has 8 rings (SSSR count). The van der Waals surface area contributed by atoms with Crippen LogP contribution in [0.1, 0.15) is 11.1 Å². The first-order chi connectivity index (χ1) is 18.6. The third-order valence-corrected chi connectivity index (χ3v) is 10.3. The molecule has 2 heterocycles. The second-order valence-corrected chi connectivity index (χ2v) is 12.4. The van der Waals surface area contributed by atoms with Gasteiger partial charge >= 0.3 is 0 Å². The zero-order chi connectivity index (χ0) is 25.4. The molecule has 0 nitrogen and oxygen atoms in total. The van der Waals surface area contributed by atoms with E-state index in [4.69, 9.17) is 0 Å². The average molecular weight is 521 g/mol. The Hall–Kier alpha value is -3.98. The summed E-state index contributed by atoms with van der Waals surface area (Å²) >= 11 is 3.89. The Labute approximate surface area is 229 Å². The Balaban J connectivity index is 1.43. The van der Waals surface area contributed by atoms with Crippen molar-refractivity contribution in [3.05, 3.63) is 120 Å². The van der Waals surface area contributed by atoms with E-state index in [-0.39, 0.29) is 0 Å². The molecule has 0 radical (unpaired) electrons. The van der Waals surface area contributed by atoms with Crippen LogP contribution in [0.2, 0.25) is 0 Å². The van der Waals surface area contributed by atoms with Gasteiger partial charge in [-0.3, -0.25) is 0 Å². The fraction of sp³-hybridized carbons (Fsp3) is 0.0556. The zero-order valence-corrected chi connectivity index (χ0v) is 22.8. The Morgan fingerprint density at radius 1 is 0.395 bits per heavy atom. The van der Waals surface area contributed by atoms with Crippen LogP contribution >= 0.6 is 22.7 Å². The summed E-state index contributed by atoms with van der Waals surface area (Å²) in [6.07, 6.45) is 0. The van der Waals surface area contributed by atoms with Gasteiger partial charge in [-0.1, -0.05) is 108 Å². The first-order valence-corrected chi connectivity index (χ1v) is 14.6. The van der Waals surface area contributed by atoms with Crippen LogP contribution in [0.25, 0.3) is 73.4 Å². The molecule has 6 aromatic carbocycles. The summed E-state index contributed by atoms with van der Waals surface area (Å²) in [6, 6.07) is 40.7. The number of hydrogen-bond donors (Lipinski definition) is 0. The predicted molar refractivity (Wildman–Crippen MR) is 170 cm³/mol. The minimum absolute atomic E-state index is 1.27. The van der Waals surface area contributed by atoms with Crippen LogP contribution in [0.15, 0.2) is 109 Å². The largest absolute Gasteiger partial charge is 0.134 e. The van der Waals surface area contributed by atoms with Gasteiger partial charge in [0.1, 0.15) is 0 Å². The van der Waals surface area contributed by atoms with Gasteiger partial charge in [0.05, 0.1) is 9.40 Å². The topological polar surface area (TPSA) is 0 Å². The summed E-state index contributed by atoms with van der Waals surface area (Å²) in [5.41, 5.74) is 7.69. The highest BCUT2D eigenvalue weighted by atomic mass is 32.1. The maximum atomic E-state index is 2.38. The molecule has 0 spiro atoms. The van der Waals surface area contributed by atoms with Crippen LogP contribution in [0.3, 0.4) is 0 Å². The number of benzene rings is 6. The van der Waals surface area contributed by atoms with Gasteiger partial charge in [-0.2, -0.15) is 0 Å². The van der Waals surface area contributed by atoms with Gasteiger partial charge in [-0.05, 0) is 59.0 Å². The molecule has 2 heteroatoms. The van der Waals surface area contributed by atoms with Crippen molar-refractivity contribution in [2.45, 2.75) is 13.8 Å². The molecule has 0 aliphatic carbocycles. The van der Waals surface area contributed by atoms with Gasteiger partial charge in [0.2, 0.25) is 0 Å². The maximum absolute atomic E-state index is 2.38. The Bertz CT molecular complexity index is 2010. The van der Waals surface area contributed by atoms with E-state index in [2.05, 4.69) is 123 Å². The van der Waals surface area contributed by atoms with Crippen LogP contribution in [0, 0.1) is 13.8 Å². The van der Waals surface area contributed by atoms with Gasteiger partial charge in [-0.15, -0.1) is 22.7 Å². The summed E-state index contributed by atoms with van der Waals surface area (Å²) in [5.74, 6) is 0. The van der Waals surface area contributed by atoms with Crippen molar-refractivity contribution in [2.75, 3.05) is 0 Å². The van der Waals surface area contributed by atoms with Crippen molar-refractivity contribution in [1.82, 2.24) is 0 Å².